The Bertz CT molecular complexity index is 1320. The molecule has 0 bridgehead atoms. The van der Waals surface area contributed by atoms with E-state index >= 15 is 0 Å². The van der Waals surface area contributed by atoms with Gasteiger partial charge in [0.2, 0.25) is 5.91 Å². The van der Waals surface area contributed by atoms with Crippen LogP contribution in [0, 0.1) is 0 Å². The topological polar surface area (TPSA) is 88.5 Å². The highest BCUT2D eigenvalue weighted by atomic mass is 16.5. The molecule has 1 atom stereocenters. The van der Waals surface area contributed by atoms with Crippen molar-refractivity contribution >= 4 is 17.6 Å². The average Bonchev–Trinajstić information content (AvgIpc) is 2.90. The van der Waals surface area contributed by atoms with Gasteiger partial charge in [-0.15, -0.1) is 0 Å². The molecule has 0 fully saturated rings. The van der Waals surface area contributed by atoms with E-state index in [1.165, 1.54) is 0 Å². The molecule has 4 aromatic rings. The molecule has 1 heterocycles. The summed E-state index contributed by atoms with van der Waals surface area (Å²) in [5.74, 6) is -0.751. The van der Waals surface area contributed by atoms with Crippen molar-refractivity contribution < 1.29 is 19.4 Å². The first kappa shape index (κ1) is 24.7. The minimum atomic E-state index is -0.968. The number of aromatic nitrogens is 1. The van der Waals surface area contributed by atoms with Crippen LogP contribution in [0.5, 0.6) is 5.75 Å². The largest absolute Gasteiger partial charge is 0.493 e. The first-order valence-corrected chi connectivity index (χ1v) is 11.8. The van der Waals surface area contributed by atoms with Gasteiger partial charge in [-0.25, -0.2) is 4.79 Å². The molecule has 2 N–H and O–H groups in total. The zero-order valence-electron chi connectivity index (χ0n) is 20.1. The van der Waals surface area contributed by atoms with Crippen molar-refractivity contribution in [2.24, 2.45) is 0 Å². The summed E-state index contributed by atoms with van der Waals surface area (Å²) < 4.78 is 5.82. The van der Waals surface area contributed by atoms with E-state index < -0.39 is 5.97 Å². The van der Waals surface area contributed by atoms with Gasteiger partial charge in [0.1, 0.15) is 5.75 Å². The van der Waals surface area contributed by atoms with E-state index in [1.807, 2.05) is 79.7 Å². The highest BCUT2D eigenvalue weighted by Crippen LogP contribution is 2.25. The minimum Gasteiger partial charge on any atom is -0.493 e. The van der Waals surface area contributed by atoms with Crippen LogP contribution in [-0.2, 0) is 17.6 Å². The lowest BCUT2D eigenvalue weighted by molar-refractivity contribution is -0.117. The number of carbonyl (C=O) groups is 2. The van der Waals surface area contributed by atoms with E-state index in [0.29, 0.717) is 24.3 Å². The van der Waals surface area contributed by atoms with E-state index in [1.54, 1.807) is 24.4 Å². The second kappa shape index (κ2) is 11.8. The molecule has 0 saturated carbocycles. The van der Waals surface area contributed by atoms with Crippen LogP contribution in [0.25, 0.3) is 0 Å². The summed E-state index contributed by atoms with van der Waals surface area (Å²) in [6.45, 7) is 2.38. The maximum atomic E-state index is 13.1. The fourth-order valence-electron chi connectivity index (χ4n) is 3.95. The lowest BCUT2D eigenvalue weighted by atomic mass is 9.97. The summed E-state index contributed by atoms with van der Waals surface area (Å²) in [6, 6.07) is 27.7. The summed E-state index contributed by atoms with van der Waals surface area (Å²) in [5.41, 5.74) is 4.32. The Morgan fingerprint density at radius 3 is 2.31 bits per heavy atom. The van der Waals surface area contributed by atoms with E-state index in [4.69, 9.17) is 4.74 Å². The van der Waals surface area contributed by atoms with Crippen LogP contribution >= 0.6 is 0 Å². The predicted molar refractivity (Wildman–Crippen MR) is 140 cm³/mol. The van der Waals surface area contributed by atoms with Crippen molar-refractivity contribution in [1.82, 2.24) is 4.98 Å². The molecule has 1 unspecified atom stereocenters. The second-order valence-corrected chi connectivity index (χ2v) is 8.50. The molecule has 0 aliphatic carbocycles. The van der Waals surface area contributed by atoms with E-state index in [0.717, 1.165) is 29.0 Å². The quantitative estimate of drug-likeness (QED) is 0.302. The highest BCUT2D eigenvalue weighted by Gasteiger charge is 2.18. The fourth-order valence-corrected chi connectivity index (χ4v) is 3.95. The molecule has 1 aromatic heterocycles. The smallest absolute Gasteiger partial charge is 0.335 e. The van der Waals surface area contributed by atoms with Crippen LogP contribution in [0.4, 0.5) is 5.69 Å². The number of rotatable bonds is 10. The van der Waals surface area contributed by atoms with Gasteiger partial charge in [-0.1, -0.05) is 54.6 Å². The van der Waals surface area contributed by atoms with Crippen molar-refractivity contribution in [2.75, 3.05) is 11.9 Å². The van der Waals surface area contributed by atoms with Crippen molar-refractivity contribution in [3.63, 3.8) is 0 Å². The first-order valence-electron chi connectivity index (χ1n) is 11.8. The van der Waals surface area contributed by atoms with E-state index in [-0.39, 0.29) is 17.4 Å². The number of anilines is 1. The molecule has 6 heteroatoms. The van der Waals surface area contributed by atoms with Crippen LogP contribution in [0.15, 0.2) is 97.2 Å². The van der Waals surface area contributed by atoms with Crippen LogP contribution in [0.1, 0.15) is 45.6 Å². The van der Waals surface area contributed by atoms with Crippen molar-refractivity contribution in [3.05, 3.63) is 125 Å². The predicted octanol–water partition coefficient (Wildman–Crippen LogP) is 5.73. The van der Waals surface area contributed by atoms with Crippen molar-refractivity contribution in [3.8, 4) is 5.75 Å². The Kier molecular flexibility index (Phi) is 8.08. The summed E-state index contributed by atoms with van der Waals surface area (Å²) in [4.78, 5) is 28.9. The van der Waals surface area contributed by atoms with E-state index in [2.05, 4.69) is 10.3 Å². The number of nitrogens with zero attached hydrogens (tertiary/aromatic N) is 1. The molecule has 0 spiro atoms. The van der Waals surface area contributed by atoms with Gasteiger partial charge in [0.25, 0.3) is 0 Å². The molecule has 0 radical (unpaired) electrons. The first-order chi connectivity index (χ1) is 17.5. The minimum absolute atomic E-state index is 0.141. The number of aromatic carboxylic acids is 1. The molecule has 1 amide bonds. The van der Waals surface area contributed by atoms with Gasteiger partial charge >= 0.3 is 5.97 Å². The summed E-state index contributed by atoms with van der Waals surface area (Å²) in [5, 5.41) is 12.5. The average molecular weight is 481 g/mol. The summed E-state index contributed by atoms with van der Waals surface area (Å²) >= 11 is 0. The van der Waals surface area contributed by atoms with Gasteiger partial charge in [0.05, 0.1) is 18.1 Å². The molecule has 182 valence electrons. The molecule has 4 rings (SSSR count). The molecule has 36 heavy (non-hydrogen) atoms. The molecule has 6 nitrogen and oxygen atoms in total. The van der Waals surface area contributed by atoms with Gasteiger partial charge in [0, 0.05) is 30.4 Å². The Morgan fingerprint density at radius 2 is 1.58 bits per heavy atom. The number of carboxylic acid groups (broad SMARTS) is 1. The van der Waals surface area contributed by atoms with Gasteiger partial charge in [-0.2, -0.15) is 0 Å². The van der Waals surface area contributed by atoms with Crippen LogP contribution < -0.4 is 10.1 Å². The number of carbonyl (C=O) groups excluding carboxylic acids is 1. The lowest BCUT2D eigenvalue weighted by Gasteiger charge is -2.16. The number of carboxylic acids is 1. The van der Waals surface area contributed by atoms with Gasteiger partial charge in [-0.3, -0.25) is 9.78 Å². The summed E-state index contributed by atoms with van der Waals surface area (Å²) in [6.07, 6.45) is 2.89. The van der Waals surface area contributed by atoms with Crippen molar-refractivity contribution in [2.45, 2.75) is 25.7 Å². The van der Waals surface area contributed by atoms with Crippen LogP contribution in [0.2, 0.25) is 0 Å². The van der Waals surface area contributed by atoms with Gasteiger partial charge in [0.15, 0.2) is 0 Å². The summed E-state index contributed by atoms with van der Waals surface area (Å²) in [7, 11) is 0. The molecule has 3 aromatic carbocycles. The Balaban J connectivity index is 1.38. The SMILES string of the molecule is CC(C(=O)Nc1ccccc1Cc1ccccc1C(=O)O)c1ccc(OCCc2ccccn2)cc1. The number of hydrogen-bond acceptors (Lipinski definition) is 4. The van der Waals surface area contributed by atoms with Gasteiger partial charge < -0.3 is 15.2 Å². The van der Waals surface area contributed by atoms with Gasteiger partial charge in [-0.05, 0) is 60.0 Å². The zero-order chi connectivity index (χ0) is 25.3. The standard InChI is InChI=1S/C30H28N2O4/c1-21(22-13-15-26(16-14-22)36-19-17-25-10-6-7-18-31-25)29(33)32-28-12-5-3-9-24(28)20-23-8-2-4-11-27(23)30(34)35/h2-16,18,21H,17,19-20H2,1H3,(H,32,33)(H,34,35). The number of amides is 1. The third-order valence-electron chi connectivity index (χ3n) is 6.03. The Labute approximate surface area is 210 Å². The zero-order valence-corrected chi connectivity index (χ0v) is 20.1. The second-order valence-electron chi connectivity index (χ2n) is 8.50. The molecular weight excluding hydrogens is 452 g/mol. The highest BCUT2D eigenvalue weighted by molar-refractivity contribution is 5.96. The number of para-hydroxylation sites is 1. The van der Waals surface area contributed by atoms with Crippen molar-refractivity contribution in [1.29, 1.82) is 0 Å². The van der Waals surface area contributed by atoms with E-state index in [9.17, 15) is 14.7 Å². The third-order valence-corrected chi connectivity index (χ3v) is 6.03. The Hall–Kier alpha value is -4.45. The molecule has 0 aliphatic rings. The number of pyridine rings is 1. The number of nitrogens with one attached hydrogen (secondary N) is 1. The lowest BCUT2D eigenvalue weighted by Crippen LogP contribution is -2.20. The number of benzene rings is 3. The maximum absolute atomic E-state index is 13.1. The fraction of sp³-hybridized carbons (Fsp3) is 0.167. The van der Waals surface area contributed by atoms with Crippen LogP contribution in [-0.4, -0.2) is 28.6 Å². The maximum Gasteiger partial charge on any atom is 0.335 e. The third kappa shape index (κ3) is 6.36. The molecule has 0 aliphatic heterocycles. The normalized spacial score (nSPS) is 11.5. The monoisotopic (exact) mass is 480 g/mol. The number of ether oxygens (including phenoxy) is 1. The van der Waals surface area contributed by atoms with Crippen LogP contribution in [0.3, 0.4) is 0 Å². The molecular formula is C30H28N2O4. The molecule has 0 saturated heterocycles. The Morgan fingerprint density at radius 1 is 0.889 bits per heavy atom. The number of hydrogen-bond donors (Lipinski definition) is 2.